The summed E-state index contributed by atoms with van der Waals surface area (Å²) in [5.41, 5.74) is 8.72. The molecule has 0 atom stereocenters. The van der Waals surface area contributed by atoms with Gasteiger partial charge in [-0.15, -0.1) is 0 Å². The van der Waals surface area contributed by atoms with E-state index in [2.05, 4.69) is 40.6 Å². The van der Waals surface area contributed by atoms with Gasteiger partial charge in [0, 0.05) is 17.0 Å². The van der Waals surface area contributed by atoms with E-state index in [1.54, 1.807) is 6.92 Å². The van der Waals surface area contributed by atoms with Gasteiger partial charge in [-0.05, 0) is 44.9 Å². The second-order valence-corrected chi connectivity index (χ2v) is 8.46. The van der Waals surface area contributed by atoms with Gasteiger partial charge in [0.15, 0.2) is 0 Å². The molecule has 158 valence electrons. The van der Waals surface area contributed by atoms with Gasteiger partial charge in [0.2, 0.25) is 5.13 Å². The van der Waals surface area contributed by atoms with Gasteiger partial charge < -0.3 is 9.15 Å². The normalized spacial score (nSPS) is 11.7. The summed E-state index contributed by atoms with van der Waals surface area (Å²) < 4.78 is 11.1. The third kappa shape index (κ3) is 4.22. The maximum absolute atomic E-state index is 11.9. The van der Waals surface area contributed by atoms with Crippen LogP contribution in [0.4, 0.5) is 5.13 Å². The van der Waals surface area contributed by atoms with Crippen LogP contribution in [0.3, 0.4) is 0 Å². The van der Waals surface area contributed by atoms with Crippen LogP contribution in [0.2, 0.25) is 0 Å². The quantitative estimate of drug-likeness (QED) is 0.339. The van der Waals surface area contributed by atoms with Crippen LogP contribution in [-0.4, -0.2) is 18.1 Å². The molecule has 0 spiro atoms. The van der Waals surface area contributed by atoms with Crippen LogP contribution < -0.4 is 10.8 Å². The van der Waals surface area contributed by atoms with Crippen molar-refractivity contribution < 1.29 is 13.9 Å². The lowest BCUT2D eigenvalue weighted by Gasteiger charge is -2.08. The molecular weight excluding hydrogens is 410 g/mol. The molecule has 0 bridgehead atoms. The van der Waals surface area contributed by atoms with Crippen LogP contribution in [0.1, 0.15) is 32.1 Å². The first kappa shape index (κ1) is 20.8. The number of benzene rings is 2. The monoisotopic (exact) mass is 433 g/mol. The highest BCUT2D eigenvalue weighted by Gasteiger charge is 2.15. The number of aromatic nitrogens is 1. The van der Waals surface area contributed by atoms with Crippen LogP contribution in [0.15, 0.2) is 52.0 Å². The number of carbonyl (C=O) groups excluding carboxylic acids is 1. The van der Waals surface area contributed by atoms with Crippen molar-refractivity contribution in [3.05, 3.63) is 75.1 Å². The zero-order chi connectivity index (χ0) is 22.1. The number of aryl methyl sites for hydroxylation is 4. The van der Waals surface area contributed by atoms with Gasteiger partial charge in [-0.3, -0.25) is 5.43 Å². The van der Waals surface area contributed by atoms with Crippen LogP contribution in [0.5, 0.6) is 0 Å². The highest BCUT2D eigenvalue weighted by Crippen LogP contribution is 2.26. The van der Waals surface area contributed by atoms with Crippen molar-refractivity contribution in [2.75, 3.05) is 12.5 Å². The van der Waals surface area contributed by atoms with E-state index in [1.165, 1.54) is 24.0 Å². The first-order valence-electron chi connectivity index (χ1n) is 9.83. The molecule has 0 aliphatic heterocycles. The van der Waals surface area contributed by atoms with Gasteiger partial charge >= 0.3 is 5.97 Å². The SMILES string of the molecule is COC(=O)c1sc(NN=c2cc(-c3ccc(C)cc3)oc3cc(C)cc(C)c23)nc1C. The van der Waals surface area contributed by atoms with E-state index in [0.29, 0.717) is 15.7 Å². The Labute approximate surface area is 184 Å². The van der Waals surface area contributed by atoms with Crippen LogP contribution in [-0.2, 0) is 4.74 Å². The van der Waals surface area contributed by atoms with Gasteiger partial charge in [-0.2, -0.15) is 5.10 Å². The Morgan fingerprint density at radius 3 is 2.52 bits per heavy atom. The topological polar surface area (TPSA) is 76.7 Å². The van der Waals surface area contributed by atoms with Crippen LogP contribution in [0, 0.1) is 27.7 Å². The highest BCUT2D eigenvalue weighted by atomic mass is 32.1. The molecule has 1 N–H and O–H groups in total. The number of fused-ring (bicyclic) bond motifs is 1. The van der Waals surface area contributed by atoms with E-state index in [0.717, 1.165) is 38.8 Å². The van der Waals surface area contributed by atoms with Crippen molar-refractivity contribution in [1.82, 2.24) is 4.98 Å². The lowest BCUT2D eigenvalue weighted by Crippen LogP contribution is -2.09. The van der Waals surface area contributed by atoms with E-state index < -0.39 is 5.97 Å². The standard InChI is InChI=1S/C24H23N3O3S/c1-13-6-8-17(9-7-13)19-12-18(21-15(3)10-14(2)11-20(21)30-19)26-27-24-25-16(4)22(31-24)23(28)29-5/h6-12H,1-5H3,(H,25,27). The third-order valence-electron chi connectivity index (χ3n) is 4.96. The molecular formula is C24H23N3O3S. The fourth-order valence-electron chi connectivity index (χ4n) is 3.46. The van der Waals surface area contributed by atoms with E-state index in [9.17, 15) is 4.79 Å². The predicted molar refractivity (Wildman–Crippen MR) is 123 cm³/mol. The summed E-state index contributed by atoms with van der Waals surface area (Å²) >= 11 is 1.21. The van der Waals surface area contributed by atoms with E-state index in [-0.39, 0.29) is 0 Å². The molecule has 0 saturated carbocycles. The zero-order valence-electron chi connectivity index (χ0n) is 18.1. The number of hydrogen-bond donors (Lipinski definition) is 1. The number of nitrogens with one attached hydrogen (secondary N) is 1. The number of anilines is 1. The zero-order valence-corrected chi connectivity index (χ0v) is 18.9. The molecule has 2 heterocycles. The van der Waals surface area contributed by atoms with Gasteiger partial charge in [0.05, 0.1) is 18.2 Å². The molecule has 0 saturated heterocycles. The summed E-state index contributed by atoms with van der Waals surface area (Å²) in [6, 6.07) is 14.2. The average Bonchev–Trinajstić information content (AvgIpc) is 3.11. The second-order valence-electron chi connectivity index (χ2n) is 7.47. The lowest BCUT2D eigenvalue weighted by molar-refractivity contribution is 0.0605. The van der Waals surface area contributed by atoms with E-state index >= 15 is 0 Å². The number of carbonyl (C=O) groups is 1. The summed E-state index contributed by atoms with van der Waals surface area (Å²) in [4.78, 5) is 16.7. The fraction of sp³-hybridized carbons (Fsp3) is 0.208. The molecule has 2 aromatic heterocycles. The molecule has 31 heavy (non-hydrogen) atoms. The third-order valence-corrected chi connectivity index (χ3v) is 6.01. The minimum absolute atomic E-state index is 0.403. The van der Waals surface area contributed by atoms with Gasteiger partial charge in [-0.25, -0.2) is 9.78 Å². The van der Waals surface area contributed by atoms with Crippen molar-refractivity contribution in [3.63, 3.8) is 0 Å². The number of methoxy groups -OCH3 is 1. The molecule has 4 aromatic rings. The van der Waals surface area contributed by atoms with Crippen molar-refractivity contribution in [3.8, 4) is 11.3 Å². The van der Waals surface area contributed by atoms with Crippen LogP contribution in [0.25, 0.3) is 22.3 Å². The smallest absolute Gasteiger partial charge is 0.350 e. The number of thiazole rings is 1. The molecule has 0 amide bonds. The first-order valence-corrected chi connectivity index (χ1v) is 10.6. The Morgan fingerprint density at radius 2 is 1.81 bits per heavy atom. The highest BCUT2D eigenvalue weighted by molar-refractivity contribution is 7.17. The maximum Gasteiger partial charge on any atom is 0.350 e. The molecule has 2 aromatic carbocycles. The van der Waals surface area contributed by atoms with Gasteiger partial charge in [0.25, 0.3) is 0 Å². The molecule has 0 aliphatic carbocycles. The molecule has 0 fully saturated rings. The minimum Gasteiger partial charge on any atom is -0.465 e. The Morgan fingerprint density at radius 1 is 1.06 bits per heavy atom. The Balaban J connectivity index is 1.85. The summed E-state index contributed by atoms with van der Waals surface area (Å²) in [5.74, 6) is 0.323. The molecule has 6 nitrogen and oxygen atoms in total. The van der Waals surface area contributed by atoms with Gasteiger partial charge in [-0.1, -0.05) is 47.2 Å². The maximum atomic E-state index is 11.9. The largest absolute Gasteiger partial charge is 0.465 e. The first-order chi connectivity index (χ1) is 14.9. The van der Waals surface area contributed by atoms with Crippen LogP contribution >= 0.6 is 11.3 Å². The number of esters is 1. The molecule has 0 radical (unpaired) electrons. The molecule has 4 rings (SSSR count). The number of ether oxygens (including phenoxy) is 1. The molecule has 0 aliphatic rings. The minimum atomic E-state index is -0.403. The predicted octanol–water partition coefficient (Wildman–Crippen LogP) is 5.50. The van der Waals surface area contributed by atoms with E-state index in [1.807, 2.05) is 38.1 Å². The molecule has 7 heteroatoms. The van der Waals surface area contributed by atoms with Crippen molar-refractivity contribution >= 4 is 33.4 Å². The van der Waals surface area contributed by atoms with Crippen molar-refractivity contribution in [2.24, 2.45) is 5.10 Å². The fourth-order valence-corrected chi connectivity index (χ4v) is 4.29. The number of nitrogens with zero attached hydrogens (tertiary/aromatic N) is 2. The summed E-state index contributed by atoms with van der Waals surface area (Å²) in [5, 5.41) is 6.81. The van der Waals surface area contributed by atoms with E-state index in [4.69, 9.17) is 9.15 Å². The molecule has 0 unspecified atom stereocenters. The van der Waals surface area contributed by atoms with Gasteiger partial charge in [0.1, 0.15) is 16.2 Å². The Bertz CT molecular complexity index is 1350. The summed E-state index contributed by atoms with van der Waals surface area (Å²) in [6.07, 6.45) is 0. The average molecular weight is 434 g/mol. The summed E-state index contributed by atoms with van der Waals surface area (Å²) in [7, 11) is 1.36. The second kappa shape index (κ2) is 8.35. The summed E-state index contributed by atoms with van der Waals surface area (Å²) in [6.45, 7) is 7.91. The lowest BCUT2D eigenvalue weighted by atomic mass is 10.0. The Kier molecular flexibility index (Phi) is 5.61. The van der Waals surface area contributed by atoms with Crippen molar-refractivity contribution in [1.29, 1.82) is 0 Å². The Hall–Kier alpha value is -3.45. The number of hydrogen-bond acceptors (Lipinski definition) is 7. The number of rotatable bonds is 4. The van der Waals surface area contributed by atoms with Crippen molar-refractivity contribution in [2.45, 2.75) is 27.7 Å².